The summed E-state index contributed by atoms with van der Waals surface area (Å²) in [6, 6.07) is 1.15. The molecule has 2 aliphatic carbocycles. The second-order valence-corrected chi connectivity index (χ2v) is 6.36. The van der Waals surface area contributed by atoms with E-state index in [1.54, 1.807) is 0 Å². The van der Waals surface area contributed by atoms with Crippen molar-refractivity contribution >= 4 is 5.91 Å². The minimum Gasteiger partial charge on any atom is -0.339 e. The third-order valence-corrected chi connectivity index (χ3v) is 4.15. The fraction of sp³-hybridized carbons (Fsp3) is 0.933. The molecule has 2 saturated carbocycles. The molecule has 0 aromatic rings. The van der Waals surface area contributed by atoms with Crippen molar-refractivity contribution in [3.63, 3.8) is 0 Å². The van der Waals surface area contributed by atoms with Crippen molar-refractivity contribution in [2.24, 2.45) is 5.92 Å². The van der Waals surface area contributed by atoms with Crippen LogP contribution >= 0.6 is 0 Å². The van der Waals surface area contributed by atoms with E-state index in [-0.39, 0.29) is 0 Å². The second kappa shape index (κ2) is 6.55. The quantitative estimate of drug-likeness (QED) is 0.755. The minimum atomic E-state index is 0.328. The van der Waals surface area contributed by atoms with Crippen LogP contribution in [0.15, 0.2) is 0 Å². The topological polar surface area (TPSA) is 32.3 Å². The van der Waals surface area contributed by atoms with Gasteiger partial charge >= 0.3 is 0 Å². The van der Waals surface area contributed by atoms with E-state index in [0.717, 1.165) is 13.0 Å². The van der Waals surface area contributed by atoms with Gasteiger partial charge in [0.1, 0.15) is 0 Å². The zero-order chi connectivity index (χ0) is 13.0. The van der Waals surface area contributed by atoms with Gasteiger partial charge in [-0.05, 0) is 38.0 Å². The lowest BCUT2D eigenvalue weighted by Crippen LogP contribution is -2.44. The monoisotopic (exact) mass is 252 g/mol. The van der Waals surface area contributed by atoms with Crippen LogP contribution in [-0.2, 0) is 4.79 Å². The molecule has 3 heteroatoms. The number of hydrogen-bond acceptors (Lipinski definition) is 2. The number of rotatable bonds is 7. The molecule has 2 fully saturated rings. The lowest BCUT2D eigenvalue weighted by Gasteiger charge is -2.30. The summed E-state index contributed by atoms with van der Waals surface area (Å²) in [7, 11) is 0. The molecule has 0 spiro atoms. The van der Waals surface area contributed by atoms with Gasteiger partial charge in [-0.1, -0.05) is 26.7 Å². The van der Waals surface area contributed by atoms with Crippen LogP contribution in [0.4, 0.5) is 0 Å². The largest absolute Gasteiger partial charge is 0.339 e. The molecule has 0 saturated heterocycles. The maximum absolute atomic E-state index is 12.3. The fourth-order valence-corrected chi connectivity index (χ4v) is 2.74. The Kier molecular flexibility index (Phi) is 5.04. The second-order valence-electron chi connectivity index (χ2n) is 6.36. The van der Waals surface area contributed by atoms with Crippen LogP contribution in [0.5, 0.6) is 0 Å². The van der Waals surface area contributed by atoms with Crippen molar-refractivity contribution in [2.45, 2.75) is 70.9 Å². The van der Waals surface area contributed by atoms with Crippen LogP contribution in [0.3, 0.4) is 0 Å². The van der Waals surface area contributed by atoms with Crippen LogP contribution in [0.2, 0.25) is 0 Å². The van der Waals surface area contributed by atoms with Crippen molar-refractivity contribution in [3.05, 3.63) is 0 Å². The van der Waals surface area contributed by atoms with Gasteiger partial charge < -0.3 is 10.2 Å². The summed E-state index contributed by atoms with van der Waals surface area (Å²) >= 11 is 0. The highest BCUT2D eigenvalue weighted by molar-refractivity contribution is 5.78. The van der Waals surface area contributed by atoms with E-state index in [9.17, 15) is 4.79 Å². The molecule has 2 rings (SSSR count). The summed E-state index contributed by atoms with van der Waals surface area (Å²) in [4.78, 5) is 14.5. The van der Waals surface area contributed by atoms with Gasteiger partial charge in [0.2, 0.25) is 5.91 Å². The van der Waals surface area contributed by atoms with Gasteiger partial charge in [0.05, 0.1) is 6.54 Å². The first kappa shape index (κ1) is 13.9. The Bertz CT molecular complexity index is 268. The van der Waals surface area contributed by atoms with Gasteiger partial charge in [-0.3, -0.25) is 4.79 Å². The highest BCUT2D eigenvalue weighted by atomic mass is 16.2. The number of carbonyl (C=O) groups excluding carboxylic acids is 1. The lowest BCUT2D eigenvalue weighted by molar-refractivity contribution is -0.132. The molecule has 18 heavy (non-hydrogen) atoms. The van der Waals surface area contributed by atoms with Crippen molar-refractivity contribution in [3.8, 4) is 0 Å². The van der Waals surface area contributed by atoms with E-state index in [0.29, 0.717) is 30.5 Å². The third-order valence-electron chi connectivity index (χ3n) is 4.15. The summed E-state index contributed by atoms with van der Waals surface area (Å²) in [6.45, 7) is 5.98. The molecule has 0 radical (unpaired) electrons. The average Bonchev–Trinajstić information content (AvgIpc) is 3.01. The van der Waals surface area contributed by atoms with E-state index < -0.39 is 0 Å². The fourth-order valence-electron chi connectivity index (χ4n) is 2.74. The molecule has 104 valence electrons. The first-order valence-corrected chi connectivity index (χ1v) is 7.69. The summed E-state index contributed by atoms with van der Waals surface area (Å²) in [5.41, 5.74) is 0. The van der Waals surface area contributed by atoms with Crippen molar-refractivity contribution in [1.82, 2.24) is 10.2 Å². The zero-order valence-corrected chi connectivity index (χ0v) is 12.0. The summed E-state index contributed by atoms with van der Waals surface area (Å²) in [5, 5.41) is 3.36. The molecule has 0 heterocycles. The molecule has 0 unspecified atom stereocenters. The van der Waals surface area contributed by atoms with Gasteiger partial charge in [-0.25, -0.2) is 0 Å². The number of nitrogens with one attached hydrogen (secondary N) is 1. The van der Waals surface area contributed by atoms with Crippen molar-refractivity contribution in [1.29, 1.82) is 0 Å². The molecule has 0 bridgehead atoms. The number of nitrogens with zero attached hydrogens (tertiary/aromatic N) is 1. The van der Waals surface area contributed by atoms with Gasteiger partial charge in [-0.15, -0.1) is 0 Å². The molecule has 0 aromatic heterocycles. The molecular formula is C15H28N2O. The maximum atomic E-state index is 12.3. The third kappa shape index (κ3) is 4.27. The zero-order valence-electron chi connectivity index (χ0n) is 12.0. The maximum Gasteiger partial charge on any atom is 0.236 e. The summed E-state index contributed by atoms with van der Waals surface area (Å²) in [6.07, 6.45) is 8.66. The van der Waals surface area contributed by atoms with E-state index in [2.05, 4.69) is 24.1 Å². The predicted octanol–water partition coefficient (Wildman–Crippen LogP) is 2.56. The first-order valence-electron chi connectivity index (χ1n) is 7.69. The van der Waals surface area contributed by atoms with Crippen molar-refractivity contribution in [2.75, 3.05) is 13.1 Å². The summed E-state index contributed by atoms with van der Waals surface area (Å²) < 4.78 is 0. The molecular weight excluding hydrogens is 224 g/mol. The summed E-state index contributed by atoms with van der Waals surface area (Å²) in [5.74, 6) is 1.01. The Labute approximate surface area is 111 Å². The highest BCUT2D eigenvalue weighted by Crippen LogP contribution is 2.24. The lowest BCUT2D eigenvalue weighted by atomic mass is 10.1. The predicted molar refractivity (Wildman–Crippen MR) is 74.4 cm³/mol. The van der Waals surface area contributed by atoms with E-state index in [4.69, 9.17) is 0 Å². The van der Waals surface area contributed by atoms with Crippen LogP contribution < -0.4 is 5.32 Å². The Balaban J connectivity index is 1.82. The van der Waals surface area contributed by atoms with Crippen LogP contribution in [0.25, 0.3) is 0 Å². The average molecular weight is 252 g/mol. The van der Waals surface area contributed by atoms with Gasteiger partial charge in [0.25, 0.3) is 0 Å². The van der Waals surface area contributed by atoms with Gasteiger partial charge in [-0.2, -0.15) is 0 Å². The van der Waals surface area contributed by atoms with Crippen LogP contribution in [0.1, 0.15) is 58.8 Å². The number of hydrogen-bond donors (Lipinski definition) is 1. The van der Waals surface area contributed by atoms with E-state index in [1.165, 1.54) is 38.5 Å². The van der Waals surface area contributed by atoms with Gasteiger partial charge in [0.15, 0.2) is 0 Å². The molecule has 0 aliphatic heterocycles. The van der Waals surface area contributed by atoms with E-state index >= 15 is 0 Å². The smallest absolute Gasteiger partial charge is 0.236 e. The minimum absolute atomic E-state index is 0.328. The standard InChI is InChI=1S/C15H28N2O/c1-12(2)9-10-17(14-5-3-4-6-14)15(18)11-16-13-7-8-13/h12-14,16H,3-11H2,1-2H3. The normalized spacial score (nSPS) is 20.6. The number of carbonyl (C=O) groups is 1. The Morgan fingerprint density at radius 3 is 2.44 bits per heavy atom. The molecule has 2 aliphatic rings. The molecule has 0 aromatic carbocycles. The molecule has 3 nitrogen and oxygen atoms in total. The van der Waals surface area contributed by atoms with Crippen molar-refractivity contribution < 1.29 is 4.79 Å². The van der Waals surface area contributed by atoms with Crippen LogP contribution in [0, 0.1) is 5.92 Å². The molecule has 1 amide bonds. The highest BCUT2D eigenvalue weighted by Gasteiger charge is 2.28. The Morgan fingerprint density at radius 2 is 1.89 bits per heavy atom. The molecule has 1 N–H and O–H groups in total. The van der Waals surface area contributed by atoms with Crippen LogP contribution in [-0.4, -0.2) is 36.0 Å². The number of amides is 1. The Morgan fingerprint density at radius 1 is 1.22 bits per heavy atom. The SMILES string of the molecule is CC(C)CCN(C(=O)CNC1CC1)C1CCCC1. The first-order chi connectivity index (χ1) is 8.66. The Hall–Kier alpha value is -0.570. The van der Waals surface area contributed by atoms with E-state index in [1.807, 2.05) is 0 Å². The van der Waals surface area contributed by atoms with Gasteiger partial charge in [0, 0.05) is 18.6 Å². The molecule has 0 atom stereocenters.